The van der Waals surface area contributed by atoms with Gasteiger partial charge in [0.2, 0.25) is 6.04 Å². The van der Waals surface area contributed by atoms with Gasteiger partial charge in [0, 0.05) is 16.9 Å². The minimum Gasteiger partial charge on any atom is -0.368 e. The molecule has 4 atom stereocenters. The van der Waals surface area contributed by atoms with E-state index in [0.29, 0.717) is 18.6 Å². The number of carbonyl (C=O) groups excluding carboxylic acids is 1. The van der Waals surface area contributed by atoms with Crippen molar-refractivity contribution in [2.45, 2.75) is 30.9 Å². The molecular formula is C20H19NO4. The molecule has 4 rings (SSSR count). The molecule has 5 nitrogen and oxygen atoms in total. The summed E-state index contributed by atoms with van der Waals surface area (Å²) in [6.45, 7) is 2.39. The molecule has 2 fully saturated rings. The Bertz CT molecular complexity index is 811. The van der Waals surface area contributed by atoms with Crippen molar-refractivity contribution in [3.63, 3.8) is 0 Å². The molecule has 1 saturated carbocycles. The number of nitrogens with zero attached hydrogens (tertiary/aromatic N) is 1. The zero-order valence-corrected chi connectivity index (χ0v) is 13.9. The maximum absolute atomic E-state index is 13.2. The zero-order valence-electron chi connectivity index (χ0n) is 13.9. The van der Waals surface area contributed by atoms with E-state index in [9.17, 15) is 14.9 Å². The molecule has 128 valence electrons. The third kappa shape index (κ3) is 2.65. The monoisotopic (exact) mass is 337 g/mol. The van der Waals surface area contributed by atoms with Gasteiger partial charge in [-0.25, -0.2) is 0 Å². The molecule has 0 bridgehead atoms. The number of carbonyl (C=O) groups is 1. The van der Waals surface area contributed by atoms with Crippen LogP contribution in [-0.4, -0.2) is 29.0 Å². The van der Waals surface area contributed by atoms with Crippen molar-refractivity contribution in [1.29, 1.82) is 0 Å². The van der Waals surface area contributed by atoms with E-state index >= 15 is 0 Å². The van der Waals surface area contributed by atoms with Crippen LogP contribution in [0.1, 0.15) is 33.8 Å². The van der Waals surface area contributed by atoms with Gasteiger partial charge in [-0.15, -0.1) is 0 Å². The summed E-state index contributed by atoms with van der Waals surface area (Å²) in [7, 11) is 0. The summed E-state index contributed by atoms with van der Waals surface area (Å²) in [6, 6.07) is 15.9. The van der Waals surface area contributed by atoms with E-state index < -0.39 is 23.5 Å². The van der Waals surface area contributed by atoms with Gasteiger partial charge in [0.05, 0.1) is 18.4 Å². The van der Waals surface area contributed by atoms with E-state index in [-0.39, 0.29) is 10.7 Å². The first-order valence-electron chi connectivity index (χ1n) is 8.45. The fraction of sp³-hybridized carbons (Fsp3) is 0.350. The van der Waals surface area contributed by atoms with Crippen LogP contribution < -0.4 is 0 Å². The number of Topliss-reactive ketones (excluding diaryl/α,β-unsaturated/α-hetero) is 1. The molecule has 5 heteroatoms. The molecule has 2 aromatic carbocycles. The molecule has 2 aromatic rings. The van der Waals surface area contributed by atoms with Gasteiger partial charge in [-0.05, 0) is 12.5 Å². The lowest BCUT2D eigenvalue weighted by atomic mass is 9.79. The Morgan fingerprint density at radius 1 is 1.16 bits per heavy atom. The Labute approximate surface area is 145 Å². The van der Waals surface area contributed by atoms with Crippen LogP contribution in [0.5, 0.6) is 0 Å². The number of aryl methyl sites for hydroxylation is 1. The summed E-state index contributed by atoms with van der Waals surface area (Å²) < 4.78 is 5.64. The molecule has 1 spiro atoms. The lowest BCUT2D eigenvalue weighted by Crippen LogP contribution is -2.32. The van der Waals surface area contributed by atoms with Gasteiger partial charge in [0.15, 0.2) is 5.78 Å². The second kappa shape index (κ2) is 5.77. The highest BCUT2D eigenvalue weighted by Crippen LogP contribution is 2.56. The molecule has 1 saturated heterocycles. The Morgan fingerprint density at radius 3 is 2.36 bits per heavy atom. The van der Waals surface area contributed by atoms with Gasteiger partial charge >= 0.3 is 0 Å². The third-order valence-corrected chi connectivity index (χ3v) is 5.48. The largest absolute Gasteiger partial charge is 0.368 e. The summed E-state index contributed by atoms with van der Waals surface area (Å²) in [5.41, 5.74) is 1.83. The first-order chi connectivity index (χ1) is 12.0. The number of hydrogen-bond donors (Lipinski definition) is 0. The van der Waals surface area contributed by atoms with E-state index in [0.717, 1.165) is 11.1 Å². The average Bonchev–Trinajstić information content (AvgIpc) is 3.30. The molecular weight excluding hydrogens is 318 g/mol. The second-order valence-corrected chi connectivity index (χ2v) is 7.05. The maximum atomic E-state index is 13.2. The van der Waals surface area contributed by atoms with Crippen molar-refractivity contribution >= 4 is 5.78 Å². The van der Waals surface area contributed by atoms with Gasteiger partial charge in [0.25, 0.3) is 0 Å². The summed E-state index contributed by atoms with van der Waals surface area (Å²) >= 11 is 0. The predicted molar refractivity (Wildman–Crippen MR) is 92.3 cm³/mol. The highest BCUT2D eigenvalue weighted by atomic mass is 16.6. The van der Waals surface area contributed by atoms with Crippen LogP contribution in [0.15, 0.2) is 54.6 Å². The number of nitro groups is 1. The van der Waals surface area contributed by atoms with Crippen molar-refractivity contribution in [2.75, 3.05) is 6.61 Å². The van der Waals surface area contributed by atoms with Crippen molar-refractivity contribution in [3.8, 4) is 0 Å². The Hall–Kier alpha value is -2.53. The van der Waals surface area contributed by atoms with Crippen molar-refractivity contribution in [3.05, 3.63) is 81.4 Å². The van der Waals surface area contributed by atoms with Crippen molar-refractivity contribution in [1.82, 2.24) is 0 Å². The SMILES string of the molecule is Cc1ccc([C@@H]2[C@@H]([N+](=O)[O-])C[C@]3(CO3)[C@H]2C(=O)c2ccccc2)cc1. The molecule has 0 amide bonds. The molecule has 0 aromatic heterocycles. The van der Waals surface area contributed by atoms with Gasteiger partial charge < -0.3 is 4.74 Å². The molecule has 25 heavy (non-hydrogen) atoms. The van der Waals surface area contributed by atoms with Crippen molar-refractivity contribution < 1.29 is 14.5 Å². The van der Waals surface area contributed by atoms with Crippen LogP contribution in [0.3, 0.4) is 0 Å². The molecule has 1 aliphatic heterocycles. The number of rotatable bonds is 4. The normalized spacial score (nSPS) is 30.4. The second-order valence-electron chi connectivity index (χ2n) is 7.05. The van der Waals surface area contributed by atoms with Crippen LogP contribution in [0, 0.1) is 23.0 Å². The summed E-state index contributed by atoms with van der Waals surface area (Å²) in [5, 5.41) is 11.7. The molecule has 0 radical (unpaired) electrons. The lowest BCUT2D eigenvalue weighted by molar-refractivity contribution is -0.524. The average molecular weight is 337 g/mol. The molecule has 1 heterocycles. The van der Waals surface area contributed by atoms with Crippen LogP contribution >= 0.6 is 0 Å². The number of ether oxygens (including phenoxy) is 1. The van der Waals surface area contributed by atoms with Crippen LogP contribution in [-0.2, 0) is 4.74 Å². The quantitative estimate of drug-likeness (QED) is 0.371. The third-order valence-electron chi connectivity index (χ3n) is 5.48. The highest BCUT2D eigenvalue weighted by Gasteiger charge is 2.68. The molecule has 1 aliphatic carbocycles. The summed E-state index contributed by atoms with van der Waals surface area (Å²) in [5.74, 6) is -1.05. The smallest absolute Gasteiger partial charge is 0.223 e. The predicted octanol–water partition coefficient (Wildman–Crippen LogP) is 3.40. The lowest BCUT2D eigenvalue weighted by Gasteiger charge is -2.22. The number of epoxide rings is 1. The summed E-state index contributed by atoms with van der Waals surface area (Å²) in [6.07, 6.45) is 0.293. The standard InChI is InChI=1S/C20H19NO4/c1-13-7-9-14(10-8-13)17-16(21(23)24)11-20(12-25-20)18(17)19(22)15-5-3-2-4-6-15/h2-10,16-18H,11-12H2,1H3/t16-,17+,18+,20-/m0/s1. The van der Waals surface area contributed by atoms with E-state index in [1.54, 1.807) is 12.1 Å². The topological polar surface area (TPSA) is 72.7 Å². The van der Waals surface area contributed by atoms with Gasteiger partial charge in [-0.3, -0.25) is 14.9 Å². The maximum Gasteiger partial charge on any atom is 0.223 e. The highest BCUT2D eigenvalue weighted by molar-refractivity contribution is 5.99. The first-order valence-corrected chi connectivity index (χ1v) is 8.45. The molecule has 0 unspecified atom stereocenters. The summed E-state index contributed by atoms with van der Waals surface area (Å²) in [4.78, 5) is 24.7. The van der Waals surface area contributed by atoms with E-state index in [4.69, 9.17) is 4.74 Å². The van der Waals surface area contributed by atoms with Crippen LogP contribution in [0.25, 0.3) is 0 Å². The molecule has 0 N–H and O–H groups in total. The number of benzene rings is 2. The first kappa shape index (κ1) is 16.0. The van der Waals surface area contributed by atoms with Crippen molar-refractivity contribution in [2.24, 2.45) is 5.92 Å². The Kier molecular flexibility index (Phi) is 3.69. The molecule has 2 aliphatic rings. The fourth-order valence-corrected chi connectivity index (χ4v) is 4.14. The fourth-order valence-electron chi connectivity index (χ4n) is 4.14. The van der Waals surface area contributed by atoms with Crippen LogP contribution in [0.4, 0.5) is 0 Å². The van der Waals surface area contributed by atoms with Gasteiger partial charge in [0.1, 0.15) is 5.60 Å². The van der Waals surface area contributed by atoms with E-state index in [2.05, 4.69) is 0 Å². The van der Waals surface area contributed by atoms with Gasteiger partial charge in [-0.1, -0.05) is 60.2 Å². The zero-order chi connectivity index (χ0) is 17.6. The number of ketones is 1. The van der Waals surface area contributed by atoms with Gasteiger partial charge in [-0.2, -0.15) is 0 Å². The minimum absolute atomic E-state index is 0.0620. The van der Waals surface area contributed by atoms with Crippen LogP contribution in [0.2, 0.25) is 0 Å². The van der Waals surface area contributed by atoms with E-state index in [1.807, 2.05) is 49.4 Å². The van der Waals surface area contributed by atoms with E-state index in [1.165, 1.54) is 0 Å². The Morgan fingerprint density at radius 2 is 1.80 bits per heavy atom. The number of hydrogen-bond acceptors (Lipinski definition) is 4. The Balaban J connectivity index is 1.79. The minimum atomic E-state index is -0.803.